The molecule has 156 valence electrons. The lowest BCUT2D eigenvalue weighted by molar-refractivity contribution is -0.0169. The van der Waals surface area contributed by atoms with Crippen LogP contribution in [0.2, 0.25) is 0 Å². The highest BCUT2D eigenvalue weighted by molar-refractivity contribution is 5.91. The Morgan fingerprint density at radius 2 is 1.61 bits per heavy atom. The smallest absolute Gasteiger partial charge is 0.179 e. The first-order valence-electron chi connectivity index (χ1n) is 10.4. The van der Waals surface area contributed by atoms with E-state index < -0.39 is 0 Å². The Balaban J connectivity index is 1.61. The molecule has 0 radical (unpaired) electrons. The highest BCUT2D eigenvalue weighted by atomic mass is 16.5. The lowest BCUT2D eigenvalue weighted by Crippen LogP contribution is -2.45. The lowest BCUT2D eigenvalue weighted by atomic mass is 9.96. The summed E-state index contributed by atoms with van der Waals surface area (Å²) in [6.45, 7) is 2.96. The third-order valence-corrected chi connectivity index (χ3v) is 5.73. The standard InChI is InChI=1S/C26H23NO4/c28-17-19-13-18(14-20(15-19)21-5-1-3-7-24(21)29)16-23-22-6-2-4-8-25(22)31-26(23)27-9-11-30-12-10-27/h1-8,13-17,26,29H,9-12H2/b23-16-. The quantitative estimate of drug-likeness (QED) is 0.640. The van der Waals surface area contributed by atoms with Crippen molar-refractivity contribution in [1.82, 2.24) is 4.90 Å². The van der Waals surface area contributed by atoms with Crippen LogP contribution in [0.5, 0.6) is 11.5 Å². The number of hydrogen-bond donors (Lipinski definition) is 1. The van der Waals surface area contributed by atoms with Gasteiger partial charge in [-0.25, -0.2) is 0 Å². The van der Waals surface area contributed by atoms with E-state index in [1.807, 2.05) is 42.5 Å². The van der Waals surface area contributed by atoms with Crippen molar-refractivity contribution in [2.24, 2.45) is 0 Å². The zero-order valence-electron chi connectivity index (χ0n) is 17.0. The first-order valence-corrected chi connectivity index (χ1v) is 10.4. The Kier molecular flexibility index (Phi) is 5.28. The molecule has 5 rings (SSSR count). The van der Waals surface area contributed by atoms with Crippen molar-refractivity contribution in [3.05, 3.63) is 83.4 Å². The topological polar surface area (TPSA) is 59.0 Å². The molecule has 31 heavy (non-hydrogen) atoms. The average molecular weight is 413 g/mol. The van der Waals surface area contributed by atoms with E-state index >= 15 is 0 Å². The Morgan fingerprint density at radius 3 is 2.39 bits per heavy atom. The second kappa shape index (κ2) is 8.38. The second-order valence-electron chi connectivity index (χ2n) is 7.74. The average Bonchev–Trinajstić information content (AvgIpc) is 3.18. The Bertz CT molecular complexity index is 1150. The van der Waals surface area contributed by atoms with Crippen LogP contribution in [0.25, 0.3) is 22.8 Å². The number of hydrogen-bond acceptors (Lipinski definition) is 5. The van der Waals surface area contributed by atoms with Gasteiger partial charge < -0.3 is 14.6 Å². The third kappa shape index (κ3) is 3.85. The molecule has 1 unspecified atom stereocenters. The van der Waals surface area contributed by atoms with Crippen molar-refractivity contribution in [2.45, 2.75) is 6.23 Å². The normalized spacial score (nSPS) is 19.7. The van der Waals surface area contributed by atoms with Gasteiger partial charge in [0.05, 0.1) is 13.2 Å². The van der Waals surface area contributed by atoms with Crippen LogP contribution in [0.1, 0.15) is 21.5 Å². The number of carbonyl (C=O) groups is 1. The molecule has 1 N–H and O–H groups in total. The number of phenols is 1. The minimum absolute atomic E-state index is 0.185. The van der Waals surface area contributed by atoms with Crippen molar-refractivity contribution < 1.29 is 19.4 Å². The highest BCUT2D eigenvalue weighted by Crippen LogP contribution is 2.40. The molecule has 1 saturated heterocycles. The first-order chi connectivity index (χ1) is 15.2. The van der Waals surface area contributed by atoms with E-state index in [2.05, 4.69) is 17.0 Å². The van der Waals surface area contributed by atoms with E-state index in [0.29, 0.717) is 24.3 Å². The molecule has 0 spiro atoms. The number of para-hydroxylation sites is 2. The SMILES string of the molecule is O=Cc1cc(/C=C2/c3ccccc3OC2N2CCOCC2)cc(-c2ccccc2O)c1. The minimum Gasteiger partial charge on any atom is -0.507 e. The fourth-order valence-electron chi connectivity index (χ4n) is 4.24. The summed E-state index contributed by atoms with van der Waals surface area (Å²) in [7, 11) is 0. The van der Waals surface area contributed by atoms with Gasteiger partial charge in [-0.1, -0.05) is 36.4 Å². The summed E-state index contributed by atoms with van der Waals surface area (Å²) in [5, 5.41) is 10.3. The van der Waals surface area contributed by atoms with Gasteiger partial charge in [0, 0.05) is 35.4 Å². The van der Waals surface area contributed by atoms with Crippen LogP contribution in [-0.2, 0) is 4.74 Å². The second-order valence-corrected chi connectivity index (χ2v) is 7.74. The maximum Gasteiger partial charge on any atom is 0.179 e. The van der Waals surface area contributed by atoms with Gasteiger partial charge in [0.15, 0.2) is 6.23 Å². The number of nitrogens with zero attached hydrogens (tertiary/aromatic N) is 1. The van der Waals surface area contributed by atoms with Gasteiger partial charge in [-0.05, 0) is 47.5 Å². The molecule has 0 aliphatic carbocycles. The molecule has 5 heteroatoms. The number of ether oxygens (including phenoxy) is 2. The summed E-state index contributed by atoms with van der Waals surface area (Å²) < 4.78 is 11.8. The molecular formula is C26H23NO4. The Hall–Kier alpha value is -3.41. The van der Waals surface area contributed by atoms with Crippen molar-refractivity contribution in [3.8, 4) is 22.6 Å². The van der Waals surface area contributed by atoms with Gasteiger partial charge in [-0.3, -0.25) is 9.69 Å². The van der Waals surface area contributed by atoms with Crippen molar-refractivity contribution in [1.29, 1.82) is 0 Å². The van der Waals surface area contributed by atoms with E-state index in [4.69, 9.17) is 9.47 Å². The molecule has 0 saturated carbocycles. The van der Waals surface area contributed by atoms with Crippen LogP contribution in [0.15, 0.2) is 66.7 Å². The van der Waals surface area contributed by atoms with Gasteiger partial charge in [0.1, 0.15) is 17.8 Å². The summed E-state index contributed by atoms with van der Waals surface area (Å²) in [6, 6.07) is 20.8. The summed E-state index contributed by atoms with van der Waals surface area (Å²) in [6.07, 6.45) is 2.72. The van der Waals surface area contributed by atoms with Crippen LogP contribution in [0, 0.1) is 0 Å². The molecule has 3 aromatic rings. The largest absolute Gasteiger partial charge is 0.507 e. The zero-order chi connectivity index (χ0) is 21.2. The summed E-state index contributed by atoms with van der Waals surface area (Å²) in [4.78, 5) is 13.9. The van der Waals surface area contributed by atoms with Gasteiger partial charge in [0.25, 0.3) is 0 Å². The molecular weight excluding hydrogens is 390 g/mol. The lowest BCUT2D eigenvalue weighted by Gasteiger charge is -2.32. The molecule has 2 aliphatic heterocycles. The number of carbonyl (C=O) groups excluding carboxylic acids is 1. The number of aromatic hydroxyl groups is 1. The Morgan fingerprint density at radius 1 is 0.903 bits per heavy atom. The molecule has 0 bridgehead atoms. The first kappa shape index (κ1) is 19.5. The van der Waals surface area contributed by atoms with Crippen LogP contribution < -0.4 is 4.74 Å². The van der Waals surface area contributed by atoms with E-state index in [-0.39, 0.29) is 12.0 Å². The fourth-order valence-corrected chi connectivity index (χ4v) is 4.24. The molecule has 1 fully saturated rings. The van der Waals surface area contributed by atoms with E-state index in [0.717, 1.165) is 47.4 Å². The number of morpholine rings is 1. The maximum atomic E-state index is 11.6. The Labute approximate surface area is 181 Å². The molecule has 3 aromatic carbocycles. The number of phenolic OH excluding ortho intramolecular Hbond substituents is 1. The number of fused-ring (bicyclic) bond motifs is 1. The van der Waals surface area contributed by atoms with Crippen LogP contribution in [0.4, 0.5) is 0 Å². The molecule has 2 heterocycles. The van der Waals surface area contributed by atoms with E-state index in [1.165, 1.54) is 0 Å². The van der Waals surface area contributed by atoms with Crippen molar-refractivity contribution in [3.63, 3.8) is 0 Å². The summed E-state index contributed by atoms with van der Waals surface area (Å²) in [5.74, 6) is 1.04. The number of benzene rings is 3. The van der Waals surface area contributed by atoms with Gasteiger partial charge in [0.2, 0.25) is 0 Å². The van der Waals surface area contributed by atoms with Crippen molar-refractivity contribution >= 4 is 17.9 Å². The summed E-state index contributed by atoms with van der Waals surface area (Å²) >= 11 is 0. The zero-order valence-corrected chi connectivity index (χ0v) is 17.0. The predicted octanol–water partition coefficient (Wildman–Crippen LogP) is 4.46. The van der Waals surface area contributed by atoms with Gasteiger partial charge in [-0.2, -0.15) is 0 Å². The van der Waals surface area contributed by atoms with Gasteiger partial charge >= 0.3 is 0 Å². The van der Waals surface area contributed by atoms with Crippen LogP contribution in [-0.4, -0.2) is 48.8 Å². The summed E-state index contributed by atoms with van der Waals surface area (Å²) in [5.41, 5.74) is 5.05. The number of rotatable bonds is 4. The predicted molar refractivity (Wildman–Crippen MR) is 120 cm³/mol. The fraction of sp³-hybridized carbons (Fsp3) is 0.192. The number of aldehydes is 1. The van der Waals surface area contributed by atoms with Crippen LogP contribution >= 0.6 is 0 Å². The molecule has 0 amide bonds. The molecule has 5 nitrogen and oxygen atoms in total. The van der Waals surface area contributed by atoms with Gasteiger partial charge in [-0.15, -0.1) is 0 Å². The van der Waals surface area contributed by atoms with Crippen LogP contribution in [0.3, 0.4) is 0 Å². The molecule has 2 aliphatic rings. The minimum atomic E-state index is -0.199. The molecule has 1 atom stereocenters. The highest BCUT2D eigenvalue weighted by Gasteiger charge is 2.34. The maximum absolute atomic E-state index is 11.6. The monoisotopic (exact) mass is 413 g/mol. The molecule has 0 aromatic heterocycles. The van der Waals surface area contributed by atoms with Crippen molar-refractivity contribution in [2.75, 3.05) is 26.3 Å². The van der Waals surface area contributed by atoms with E-state index in [1.54, 1.807) is 18.2 Å². The third-order valence-electron chi connectivity index (χ3n) is 5.73. The van der Waals surface area contributed by atoms with E-state index in [9.17, 15) is 9.90 Å².